The molecule has 4 rings (SSSR count). The Morgan fingerprint density at radius 2 is 1.84 bits per heavy atom. The van der Waals surface area contributed by atoms with Crippen LogP contribution >= 0.6 is 11.8 Å². The summed E-state index contributed by atoms with van der Waals surface area (Å²) in [6.45, 7) is 2.67. The number of benzene rings is 2. The molecule has 7 nitrogen and oxygen atoms in total. The number of rotatable bonds is 6. The number of imide groups is 1. The molecule has 2 heterocycles. The van der Waals surface area contributed by atoms with Gasteiger partial charge in [0, 0.05) is 11.3 Å². The van der Waals surface area contributed by atoms with E-state index in [1.807, 2.05) is 25.1 Å². The normalized spacial score (nSPS) is 14.5. The average molecular weight is 443 g/mol. The number of aryl methyl sites for hydroxylation is 1. The zero-order chi connectivity index (χ0) is 21.1. The quantitative estimate of drug-likeness (QED) is 0.419. The number of amides is 2. The number of thioether (sulfide) groups is 1. The third kappa shape index (κ3) is 5.27. The molecule has 1 aliphatic heterocycles. The van der Waals surface area contributed by atoms with E-state index >= 15 is 0 Å². The zero-order valence-electron chi connectivity index (χ0n) is 17.2. The summed E-state index contributed by atoms with van der Waals surface area (Å²) in [6.07, 6.45) is 2.27. The number of hydrogen-bond acceptors (Lipinski definition) is 6. The van der Waals surface area contributed by atoms with Gasteiger partial charge in [-0.15, -0.1) is 0 Å². The van der Waals surface area contributed by atoms with E-state index in [2.05, 4.69) is 10.3 Å². The standard InChI is InChI=1S/C22H19N3O4S.Na/c1-2-19-23-17-6-4-3-5-16(17)21(27)25(19)11-12-29-15-9-7-14(8-10-15)13-18-20(26)24-22(28)30-18;/h3-10,13H,2,11-12H2,1H3,(H,24,26,28);/q;+1/p-1/b18-13+;. The first kappa shape index (κ1) is 23.3. The van der Waals surface area contributed by atoms with Crippen LogP contribution in [0.25, 0.3) is 22.3 Å². The first-order valence-electron chi connectivity index (χ1n) is 9.46. The van der Waals surface area contributed by atoms with Crippen LogP contribution in [0.15, 0.2) is 58.2 Å². The molecule has 9 heteroatoms. The van der Waals surface area contributed by atoms with Gasteiger partial charge in [0.25, 0.3) is 5.56 Å². The van der Waals surface area contributed by atoms with Crippen LogP contribution in [0.3, 0.4) is 0 Å². The summed E-state index contributed by atoms with van der Waals surface area (Å²) in [6, 6.07) is 14.5. The van der Waals surface area contributed by atoms with Gasteiger partial charge in [-0.05, 0) is 35.9 Å². The van der Waals surface area contributed by atoms with Gasteiger partial charge in [0.05, 0.1) is 23.4 Å². The molecule has 2 amide bonds. The van der Waals surface area contributed by atoms with Crippen molar-refractivity contribution < 1.29 is 43.9 Å². The monoisotopic (exact) mass is 443 g/mol. The Bertz CT molecular complexity index is 1220. The van der Waals surface area contributed by atoms with E-state index in [9.17, 15) is 14.4 Å². The molecule has 0 radical (unpaired) electrons. The average Bonchev–Trinajstić information content (AvgIpc) is 3.07. The Balaban J connectivity index is 0.00000272. The van der Waals surface area contributed by atoms with Crippen molar-refractivity contribution in [2.75, 3.05) is 6.61 Å². The fourth-order valence-corrected chi connectivity index (χ4v) is 3.82. The summed E-state index contributed by atoms with van der Waals surface area (Å²) < 4.78 is 7.44. The van der Waals surface area contributed by atoms with Crippen molar-refractivity contribution in [3.05, 3.63) is 80.5 Å². The number of fused-ring (bicyclic) bond motifs is 1. The summed E-state index contributed by atoms with van der Waals surface area (Å²) >= 11 is 0.826. The number of ether oxygens (including phenoxy) is 1. The topological polar surface area (TPSA) is 92.4 Å². The largest absolute Gasteiger partial charge is 1.00 e. The molecular weight excluding hydrogens is 425 g/mol. The molecule has 0 spiro atoms. The molecule has 3 aromatic rings. The fourth-order valence-electron chi connectivity index (χ4n) is 3.17. The second kappa shape index (κ2) is 10.3. The van der Waals surface area contributed by atoms with E-state index in [1.54, 1.807) is 41.0 Å². The maximum absolute atomic E-state index is 12.8. The second-order valence-corrected chi connectivity index (χ2v) is 7.56. The van der Waals surface area contributed by atoms with Crippen LogP contribution < -0.4 is 39.9 Å². The second-order valence-electron chi connectivity index (χ2n) is 6.57. The van der Waals surface area contributed by atoms with Gasteiger partial charge in [-0.1, -0.05) is 43.0 Å². The van der Waals surface area contributed by atoms with Crippen molar-refractivity contribution in [3.8, 4) is 5.75 Å². The molecule has 0 unspecified atom stereocenters. The van der Waals surface area contributed by atoms with E-state index in [4.69, 9.17) is 4.74 Å². The van der Waals surface area contributed by atoms with Crippen molar-refractivity contribution in [2.24, 2.45) is 0 Å². The molecule has 0 bridgehead atoms. The molecule has 1 aromatic heterocycles. The number of carbonyl (C=O) groups is 2. The number of nitrogens with zero attached hydrogens (tertiary/aromatic N) is 3. The van der Waals surface area contributed by atoms with Gasteiger partial charge >= 0.3 is 29.6 Å². The van der Waals surface area contributed by atoms with Crippen molar-refractivity contribution in [3.63, 3.8) is 0 Å². The SMILES string of the molecule is CCc1nc2ccccc2c(=O)n1CCOc1ccc(/C=C2/SC(=O)[N-]C2=O)cc1.[Na+]. The Kier molecular flexibility index (Phi) is 7.72. The molecule has 1 fully saturated rings. The van der Waals surface area contributed by atoms with Gasteiger partial charge < -0.3 is 19.6 Å². The third-order valence-corrected chi connectivity index (χ3v) is 5.40. The van der Waals surface area contributed by atoms with Crippen LogP contribution in [0.2, 0.25) is 0 Å². The third-order valence-electron chi connectivity index (χ3n) is 4.62. The molecule has 0 N–H and O–H groups in total. The molecule has 0 atom stereocenters. The minimum atomic E-state index is -0.508. The Morgan fingerprint density at radius 3 is 2.52 bits per heavy atom. The van der Waals surface area contributed by atoms with Crippen LogP contribution in [0.4, 0.5) is 4.79 Å². The summed E-state index contributed by atoms with van der Waals surface area (Å²) in [4.78, 5) is 40.4. The summed E-state index contributed by atoms with van der Waals surface area (Å²) in [5, 5.41) is 3.46. The molecule has 1 aliphatic rings. The number of carbonyl (C=O) groups excluding carboxylic acids is 2. The molecule has 31 heavy (non-hydrogen) atoms. The van der Waals surface area contributed by atoms with Crippen LogP contribution in [0.1, 0.15) is 18.3 Å². The van der Waals surface area contributed by atoms with Crippen molar-refractivity contribution in [2.45, 2.75) is 19.9 Å². The van der Waals surface area contributed by atoms with Crippen molar-refractivity contribution >= 4 is 39.9 Å². The van der Waals surface area contributed by atoms with E-state index in [0.29, 0.717) is 41.1 Å². The maximum Gasteiger partial charge on any atom is 1.00 e. The first-order valence-corrected chi connectivity index (χ1v) is 10.3. The van der Waals surface area contributed by atoms with Gasteiger partial charge in [-0.25, -0.2) is 4.98 Å². The van der Waals surface area contributed by atoms with Crippen LogP contribution in [0, 0.1) is 0 Å². The van der Waals surface area contributed by atoms with E-state index in [1.165, 1.54) is 0 Å². The van der Waals surface area contributed by atoms with E-state index < -0.39 is 11.1 Å². The van der Waals surface area contributed by atoms with Gasteiger partial charge in [-0.2, -0.15) is 0 Å². The van der Waals surface area contributed by atoms with Crippen molar-refractivity contribution in [1.82, 2.24) is 9.55 Å². The predicted octanol–water partition coefficient (Wildman–Crippen LogP) is 1.15. The van der Waals surface area contributed by atoms with Crippen molar-refractivity contribution in [1.29, 1.82) is 0 Å². The molecule has 152 valence electrons. The molecule has 0 saturated carbocycles. The van der Waals surface area contributed by atoms with Crippen LogP contribution in [-0.2, 0) is 17.8 Å². The molecular formula is C22H18N3NaO4S. The van der Waals surface area contributed by atoms with Gasteiger partial charge in [0.2, 0.25) is 0 Å². The van der Waals surface area contributed by atoms with E-state index in [-0.39, 0.29) is 35.1 Å². The first-order chi connectivity index (χ1) is 14.5. The van der Waals surface area contributed by atoms with E-state index in [0.717, 1.165) is 23.1 Å². The van der Waals surface area contributed by atoms with Crippen LogP contribution in [0.5, 0.6) is 5.75 Å². The summed E-state index contributed by atoms with van der Waals surface area (Å²) in [7, 11) is 0. The van der Waals surface area contributed by atoms with Gasteiger partial charge in [0.1, 0.15) is 23.4 Å². The molecule has 1 saturated heterocycles. The van der Waals surface area contributed by atoms with Crippen LogP contribution in [-0.4, -0.2) is 27.3 Å². The maximum atomic E-state index is 12.8. The van der Waals surface area contributed by atoms with Gasteiger partial charge in [-0.3, -0.25) is 9.36 Å². The summed E-state index contributed by atoms with van der Waals surface area (Å²) in [5.41, 5.74) is 1.41. The fraction of sp³-hybridized carbons (Fsp3) is 0.182. The van der Waals surface area contributed by atoms with Gasteiger partial charge in [0.15, 0.2) is 0 Å². The predicted molar refractivity (Wildman–Crippen MR) is 117 cm³/mol. The molecule has 2 aromatic carbocycles. The number of hydrogen-bond donors (Lipinski definition) is 0. The smallest absolute Gasteiger partial charge is 0.581 e. The Hall–Kier alpha value is -2.39. The number of para-hydroxylation sites is 1. The number of aromatic nitrogens is 2. The zero-order valence-corrected chi connectivity index (χ0v) is 20.0. The Morgan fingerprint density at radius 1 is 1.10 bits per heavy atom. The molecule has 0 aliphatic carbocycles. The minimum Gasteiger partial charge on any atom is -0.581 e. The Labute approximate surface area is 205 Å². The summed E-state index contributed by atoms with van der Waals surface area (Å²) in [5.74, 6) is 0.859. The minimum absolute atomic E-state index is 0.